The van der Waals surface area contributed by atoms with Crippen LogP contribution in [-0.2, 0) is 6.61 Å². The maximum Gasteiger partial charge on any atom is 0.355 e. The largest absolute Gasteiger partial charge is 0.486 e. The van der Waals surface area contributed by atoms with Gasteiger partial charge in [-0.3, -0.25) is 0 Å². The van der Waals surface area contributed by atoms with E-state index in [9.17, 15) is 4.79 Å². The van der Waals surface area contributed by atoms with Gasteiger partial charge in [-0.1, -0.05) is 17.7 Å². The molecule has 1 aromatic carbocycles. The second-order valence-corrected chi connectivity index (χ2v) is 4.56. The Morgan fingerprint density at radius 3 is 3.00 bits per heavy atom. The number of benzene rings is 1. The summed E-state index contributed by atoms with van der Waals surface area (Å²) in [5.74, 6) is -0.403. The van der Waals surface area contributed by atoms with Crippen molar-refractivity contribution in [1.82, 2.24) is 4.98 Å². The summed E-state index contributed by atoms with van der Waals surface area (Å²) >= 11 is 7.05. The highest BCUT2D eigenvalue weighted by atomic mass is 35.5. The van der Waals surface area contributed by atoms with Crippen LogP contribution in [-0.4, -0.2) is 16.1 Å². The van der Waals surface area contributed by atoms with Crippen LogP contribution >= 0.6 is 22.9 Å². The van der Waals surface area contributed by atoms with Crippen molar-refractivity contribution in [2.45, 2.75) is 6.61 Å². The minimum atomic E-state index is -1.03. The zero-order chi connectivity index (χ0) is 12.3. The zero-order valence-corrected chi connectivity index (χ0v) is 10.2. The number of ether oxygens (including phenoxy) is 1. The van der Waals surface area contributed by atoms with Crippen molar-refractivity contribution < 1.29 is 14.6 Å². The van der Waals surface area contributed by atoms with Crippen LogP contribution in [0.15, 0.2) is 29.6 Å². The maximum absolute atomic E-state index is 10.6. The van der Waals surface area contributed by atoms with Gasteiger partial charge in [-0.15, -0.1) is 11.3 Å². The van der Waals surface area contributed by atoms with E-state index in [2.05, 4.69) is 4.98 Å². The first kappa shape index (κ1) is 11.9. The number of rotatable bonds is 4. The smallest absolute Gasteiger partial charge is 0.355 e. The zero-order valence-electron chi connectivity index (χ0n) is 8.59. The van der Waals surface area contributed by atoms with Crippen molar-refractivity contribution in [3.63, 3.8) is 0 Å². The normalized spacial score (nSPS) is 10.2. The van der Waals surface area contributed by atoms with Gasteiger partial charge in [0, 0.05) is 10.4 Å². The molecule has 0 saturated carbocycles. The summed E-state index contributed by atoms with van der Waals surface area (Å²) in [6.45, 7) is 0.234. The van der Waals surface area contributed by atoms with Gasteiger partial charge in [0.1, 0.15) is 17.4 Å². The lowest BCUT2D eigenvalue weighted by Crippen LogP contribution is -1.99. The van der Waals surface area contributed by atoms with Crippen molar-refractivity contribution in [2.75, 3.05) is 0 Å². The third-order valence-electron chi connectivity index (χ3n) is 1.93. The van der Waals surface area contributed by atoms with Crippen LogP contribution in [0.3, 0.4) is 0 Å². The molecule has 4 nitrogen and oxygen atoms in total. The fraction of sp³-hybridized carbons (Fsp3) is 0.0909. The van der Waals surface area contributed by atoms with Gasteiger partial charge < -0.3 is 9.84 Å². The lowest BCUT2D eigenvalue weighted by Gasteiger charge is -2.03. The first-order valence-electron chi connectivity index (χ1n) is 4.71. The van der Waals surface area contributed by atoms with E-state index in [1.54, 1.807) is 24.3 Å². The average molecular weight is 270 g/mol. The number of halogens is 1. The molecule has 0 aliphatic heterocycles. The first-order valence-corrected chi connectivity index (χ1v) is 5.97. The Kier molecular flexibility index (Phi) is 3.61. The third-order valence-corrected chi connectivity index (χ3v) is 2.99. The predicted octanol–water partition coefficient (Wildman–Crippen LogP) is 3.07. The Balaban J connectivity index is 2.00. The Morgan fingerprint density at radius 2 is 2.35 bits per heavy atom. The highest BCUT2D eigenvalue weighted by molar-refractivity contribution is 7.09. The summed E-state index contributed by atoms with van der Waals surface area (Å²) in [7, 11) is 0. The van der Waals surface area contributed by atoms with Gasteiger partial charge in [0.2, 0.25) is 0 Å². The van der Waals surface area contributed by atoms with Crippen LogP contribution in [0.5, 0.6) is 5.75 Å². The van der Waals surface area contributed by atoms with Crippen LogP contribution in [0.25, 0.3) is 0 Å². The molecule has 2 aromatic rings. The van der Waals surface area contributed by atoms with Gasteiger partial charge in [-0.05, 0) is 18.2 Å². The molecule has 0 unspecified atom stereocenters. The SMILES string of the molecule is O=C(O)c1csc(COc2cccc(Cl)c2)n1. The van der Waals surface area contributed by atoms with E-state index in [0.29, 0.717) is 15.8 Å². The topological polar surface area (TPSA) is 59.4 Å². The van der Waals surface area contributed by atoms with E-state index >= 15 is 0 Å². The number of hydrogen-bond acceptors (Lipinski definition) is 4. The fourth-order valence-electron chi connectivity index (χ4n) is 1.18. The summed E-state index contributed by atoms with van der Waals surface area (Å²) in [5, 5.41) is 11.4. The van der Waals surface area contributed by atoms with Gasteiger partial charge in [0.25, 0.3) is 0 Å². The van der Waals surface area contributed by atoms with Gasteiger partial charge >= 0.3 is 5.97 Å². The number of thiazole rings is 1. The maximum atomic E-state index is 10.6. The van der Waals surface area contributed by atoms with Crippen molar-refractivity contribution in [1.29, 1.82) is 0 Å². The Labute approximate surface area is 106 Å². The molecular weight excluding hydrogens is 262 g/mol. The van der Waals surface area contributed by atoms with E-state index in [0.717, 1.165) is 0 Å². The monoisotopic (exact) mass is 269 g/mol. The second kappa shape index (κ2) is 5.16. The van der Waals surface area contributed by atoms with Crippen molar-refractivity contribution >= 4 is 28.9 Å². The van der Waals surface area contributed by atoms with Crippen LogP contribution in [0.2, 0.25) is 5.02 Å². The van der Waals surface area contributed by atoms with E-state index in [1.165, 1.54) is 16.7 Å². The minimum absolute atomic E-state index is 0.0414. The van der Waals surface area contributed by atoms with Gasteiger partial charge in [-0.25, -0.2) is 9.78 Å². The molecule has 1 aromatic heterocycles. The molecule has 1 N–H and O–H groups in total. The van der Waals surface area contributed by atoms with Crippen LogP contribution in [0.1, 0.15) is 15.5 Å². The number of carbonyl (C=O) groups is 1. The molecule has 0 spiro atoms. The van der Waals surface area contributed by atoms with E-state index in [-0.39, 0.29) is 12.3 Å². The van der Waals surface area contributed by atoms with Crippen molar-refractivity contribution in [3.8, 4) is 5.75 Å². The van der Waals surface area contributed by atoms with E-state index in [1.807, 2.05) is 0 Å². The van der Waals surface area contributed by atoms with Crippen LogP contribution in [0, 0.1) is 0 Å². The number of nitrogens with zero attached hydrogens (tertiary/aromatic N) is 1. The molecule has 88 valence electrons. The Morgan fingerprint density at radius 1 is 1.53 bits per heavy atom. The molecule has 1 heterocycles. The molecular formula is C11H8ClNO3S. The standard InChI is InChI=1S/C11H8ClNO3S/c12-7-2-1-3-8(4-7)16-5-10-13-9(6-17-10)11(14)15/h1-4,6H,5H2,(H,14,15). The molecule has 0 bridgehead atoms. The quantitative estimate of drug-likeness (QED) is 0.927. The highest BCUT2D eigenvalue weighted by Crippen LogP contribution is 2.19. The van der Waals surface area contributed by atoms with Crippen LogP contribution in [0.4, 0.5) is 0 Å². The molecule has 2 rings (SSSR count). The number of hydrogen-bond donors (Lipinski definition) is 1. The second-order valence-electron chi connectivity index (χ2n) is 3.18. The third kappa shape index (κ3) is 3.18. The molecule has 0 amide bonds. The summed E-state index contributed by atoms with van der Waals surface area (Å²) < 4.78 is 5.44. The van der Waals surface area contributed by atoms with Gasteiger partial charge in [-0.2, -0.15) is 0 Å². The highest BCUT2D eigenvalue weighted by Gasteiger charge is 2.08. The lowest BCUT2D eigenvalue weighted by molar-refractivity contribution is 0.0691. The van der Waals surface area contributed by atoms with Crippen molar-refractivity contribution in [2.24, 2.45) is 0 Å². The molecule has 0 aliphatic rings. The van der Waals surface area contributed by atoms with Gasteiger partial charge in [0.15, 0.2) is 5.69 Å². The summed E-state index contributed by atoms with van der Waals surface area (Å²) in [4.78, 5) is 14.5. The Bertz CT molecular complexity index is 541. The number of carboxylic acid groups (broad SMARTS) is 1. The molecule has 0 aliphatic carbocycles. The predicted molar refractivity (Wildman–Crippen MR) is 64.9 cm³/mol. The number of carboxylic acids is 1. The molecule has 6 heteroatoms. The average Bonchev–Trinajstić information content (AvgIpc) is 2.75. The Hall–Kier alpha value is -1.59. The molecule has 0 radical (unpaired) electrons. The first-order chi connectivity index (χ1) is 8.15. The minimum Gasteiger partial charge on any atom is -0.486 e. The summed E-state index contributed by atoms with van der Waals surface area (Å²) in [5.41, 5.74) is 0.0414. The fourth-order valence-corrected chi connectivity index (χ4v) is 2.04. The van der Waals surface area contributed by atoms with E-state index < -0.39 is 5.97 Å². The number of aromatic nitrogens is 1. The van der Waals surface area contributed by atoms with Crippen molar-refractivity contribution in [3.05, 3.63) is 45.4 Å². The van der Waals surface area contributed by atoms with E-state index in [4.69, 9.17) is 21.4 Å². The summed E-state index contributed by atoms with van der Waals surface area (Å²) in [6, 6.07) is 6.99. The molecule has 0 fully saturated rings. The molecule has 0 atom stereocenters. The number of aromatic carboxylic acids is 1. The van der Waals surface area contributed by atoms with Crippen LogP contribution < -0.4 is 4.74 Å². The van der Waals surface area contributed by atoms with Gasteiger partial charge in [0.05, 0.1) is 0 Å². The summed E-state index contributed by atoms with van der Waals surface area (Å²) in [6.07, 6.45) is 0. The molecule has 0 saturated heterocycles. The molecule has 17 heavy (non-hydrogen) atoms. The lowest BCUT2D eigenvalue weighted by atomic mass is 10.3.